The molecule has 3 heterocycles. The monoisotopic (exact) mass is 522 g/mol. The molecule has 1 aromatic carbocycles. The summed E-state index contributed by atoms with van der Waals surface area (Å²) in [5.74, 6) is 3.89. The number of nitrogens with zero attached hydrogens (tertiary/aromatic N) is 4. The van der Waals surface area contributed by atoms with Crippen LogP contribution in [0.15, 0.2) is 29.3 Å². The zero-order valence-corrected chi connectivity index (χ0v) is 19.9. The molecular weight excluding hydrogens is 491 g/mol. The Morgan fingerprint density at radius 3 is 2.90 bits per heavy atom. The van der Waals surface area contributed by atoms with Crippen LogP contribution >= 0.6 is 24.0 Å². The van der Waals surface area contributed by atoms with E-state index < -0.39 is 0 Å². The summed E-state index contributed by atoms with van der Waals surface area (Å²) in [6.07, 6.45) is 7.94. The summed E-state index contributed by atoms with van der Waals surface area (Å²) in [4.78, 5) is 4.85. The highest BCUT2D eigenvalue weighted by Crippen LogP contribution is 2.46. The molecule has 0 saturated heterocycles. The lowest BCUT2D eigenvalue weighted by molar-refractivity contribution is 0.0396. The van der Waals surface area contributed by atoms with Crippen molar-refractivity contribution in [2.45, 2.75) is 76.6 Å². The number of fused-ring (bicyclic) bond motifs is 2. The van der Waals surface area contributed by atoms with E-state index in [1.807, 2.05) is 0 Å². The van der Waals surface area contributed by atoms with Gasteiger partial charge in [-0.05, 0) is 45.1 Å². The molecule has 1 saturated carbocycles. The lowest BCUT2D eigenvalue weighted by Crippen LogP contribution is -2.46. The van der Waals surface area contributed by atoms with Gasteiger partial charge in [0.25, 0.3) is 0 Å². The number of guanidine groups is 1. The molecule has 1 spiro atoms. The molecule has 30 heavy (non-hydrogen) atoms. The van der Waals surface area contributed by atoms with Crippen molar-refractivity contribution in [3.63, 3.8) is 0 Å². The first-order valence-electron chi connectivity index (χ1n) is 11.0. The third kappa shape index (κ3) is 4.15. The minimum Gasteiger partial charge on any atom is -0.487 e. The van der Waals surface area contributed by atoms with E-state index in [2.05, 4.69) is 56.6 Å². The van der Waals surface area contributed by atoms with Crippen LogP contribution in [0.5, 0.6) is 5.75 Å². The van der Waals surface area contributed by atoms with Crippen molar-refractivity contribution < 1.29 is 4.74 Å². The highest BCUT2D eigenvalue weighted by atomic mass is 127. The average molecular weight is 522 g/mol. The molecule has 1 aliphatic carbocycles. The second kappa shape index (κ2) is 9.11. The molecule has 8 heteroatoms. The van der Waals surface area contributed by atoms with E-state index in [-0.39, 0.29) is 35.6 Å². The fraction of sp³-hybridized carbons (Fsp3) is 0.591. The third-order valence-corrected chi connectivity index (χ3v) is 6.43. The van der Waals surface area contributed by atoms with Crippen molar-refractivity contribution in [1.82, 2.24) is 25.4 Å². The van der Waals surface area contributed by atoms with Crippen LogP contribution in [0.1, 0.15) is 68.7 Å². The predicted molar refractivity (Wildman–Crippen MR) is 127 cm³/mol. The van der Waals surface area contributed by atoms with Crippen LogP contribution in [0.4, 0.5) is 0 Å². The third-order valence-electron chi connectivity index (χ3n) is 6.43. The minimum atomic E-state index is -0.0306. The van der Waals surface area contributed by atoms with Crippen molar-refractivity contribution in [3.8, 4) is 5.75 Å². The Labute approximate surface area is 195 Å². The van der Waals surface area contributed by atoms with Crippen molar-refractivity contribution in [3.05, 3.63) is 41.5 Å². The van der Waals surface area contributed by atoms with Crippen LogP contribution in [0.2, 0.25) is 0 Å². The molecule has 5 rings (SSSR count). The average Bonchev–Trinajstić information content (AvgIpc) is 3.45. The van der Waals surface area contributed by atoms with Gasteiger partial charge in [-0.3, -0.25) is 0 Å². The minimum absolute atomic E-state index is 0. The summed E-state index contributed by atoms with van der Waals surface area (Å²) in [6.45, 7) is 4.47. The van der Waals surface area contributed by atoms with Gasteiger partial charge in [0, 0.05) is 31.5 Å². The van der Waals surface area contributed by atoms with E-state index >= 15 is 0 Å². The number of rotatable bonds is 4. The van der Waals surface area contributed by atoms with Gasteiger partial charge in [-0.25, -0.2) is 4.99 Å². The van der Waals surface area contributed by atoms with Gasteiger partial charge >= 0.3 is 0 Å². The molecule has 2 aliphatic heterocycles. The van der Waals surface area contributed by atoms with Crippen LogP contribution in [-0.2, 0) is 19.5 Å². The van der Waals surface area contributed by atoms with E-state index in [1.54, 1.807) is 0 Å². The van der Waals surface area contributed by atoms with Crippen LogP contribution in [0, 0.1) is 0 Å². The maximum Gasteiger partial charge on any atom is 0.192 e. The molecule has 3 aliphatic rings. The number of aryl methyl sites for hydroxylation is 1. The first kappa shape index (κ1) is 21.4. The van der Waals surface area contributed by atoms with Gasteiger partial charge in [-0.1, -0.05) is 18.2 Å². The molecule has 1 fully saturated rings. The van der Waals surface area contributed by atoms with Crippen molar-refractivity contribution in [2.75, 3.05) is 6.54 Å². The summed E-state index contributed by atoms with van der Waals surface area (Å²) < 4.78 is 8.71. The quantitative estimate of drug-likeness (QED) is 0.364. The van der Waals surface area contributed by atoms with Crippen molar-refractivity contribution in [2.24, 2.45) is 4.99 Å². The molecule has 7 nitrogen and oxygen atoms in total. The molecule has 0 amide bonds. The normalized spacial score (nSPS) is 21.5. The second-order valence-electron chi connectivity index (χ2n) is 8.41. The fourth-order valence-corrected chi connectivity index (χ4v) is 5.04. The van der Waals surface area contributed by atoms with E-state index in [4.69, 9.17) is 9.73 Å². The number of para-hydroxylation sites is 1. The van der Waals surface area contributed by atoms with E-state index in [9.17, 15) is 0 Å². The zero-order valence-electron chi connectivity index (χ0n) is 17.6. The molecular formula is C22H31IN6O. The van der Waals surface area contributed by atoms with Crippen LogP contribution in [-0.4, -0.2) is 32.9 Å². The summed E-state index contributed by atoms with van der Waals surface area (Å²) in [7, 11) is 0. The Bertz CT molecular complexity index is 905. The first-order chi connectivity index (χ1) is 14.3. The zero-order chi connectivity index (χ0) is 19.7. The Balaban J connectivity index is 0.00000218. The summed E-state index contributed by atoms with van der Waals surface area (Å²) >= 11 is 0. The molecule has 2 N–H and O–H groups in total. The molecule has 162 valence electrons. The number of ether oxygens (including phenoxy) is 1. The van der Waals surface area contributed by atoms with Crippen molar-refractivity contribution >= 4 is 29.9 Å². The largest absolute Gasteiger partial charge is 0.487 e. The van der Waals surface area contributed by atoms with Gasteiger partial charge in [0.05, 0.1) is 6.04 Å². The molecule has 1 unspecified atom stereocenters. The Morgan fingerprint density at radius 2 is 2.07 bits per heavy atom. The van der Waals surface area contributed by atoms with E-state index in [0.29, 0.717) is 6.54 Å². The van der Waals surface area contributed by atoms with E-state index in [0.717, 1.165) is 68.6 Å². The SMILES string of the molecule is CCNC(=NCc1nnc2n1CCC2)NC1CC2(CCCC2)Oc2ccccc21.I. The molecule has 0 radical (unpaired) electrons. The highest BCUT2D eigenvalue weighted by molar-refractivity contribution is 14.0. The lowest BCUT2D eigenvalue weighted by Gasteiger charge is -2.40. The van der Waals surface area contributed by atoms with Gasteiger partial charge in [-0.15, -0.1) is 34.2 Å². The number of aromatic nitrogens is 3. The number of aliphatic imine (C=N–C) groups is 1. The second-order valence-corrected chi connectivity index (χ2v) is 8.41. The molecule has 1 atom stereocenters. The number of hydrogen-bond donors (Lipinski definition) is 2. The number of benzene rings is 1. The van der Waals surface area contributed by atoms with Crippen molar-refractivity contribution in [1.29, 1.82) is 0 Å². The Hall–Kier alpha value is -1.84. The maximum atomic E-state index is 6.50. The highest BCUT2D eigenvalue weighted by Gasteiger charge is 2.43. The van der Waals surface area contributed by atoms with E-state index in [1.165, 1.54) is 18.4 Å². The van der Waals surface area contributed by atoms with Crippen LogP contribution in [0.25, 0.3) is 0 Å². The van der Waals surface area contributed by atoms with Crippen LogP contribution in [0.3, 0.4) is 0 Å². The molecule has 0 bridgehead atoms. The van der Waals surface area contributed by atoms with Gasteiger partial charge in [0.2, 0.25) is 0 Å². The summed E-state index contributed by atoms with van der Waals surface area (Å²) in [5.41, 5.74) is 1.19. The lowest BCUT2D eigenvalue weighted by atomic mass is 9.86. The maximum absolute atomic E-state index is 6.50. The fourth-order valence-electron chi connectivity index (χ4n) is 5.04. The number of nitrogens with one attached hydrogen (secondary N) is 2. The first-order valence-corrected chi connectivity index (χ1v) is 11.0. The standard InChI is InChI=1S/C22H30N6O.HI/c1-2-23-21(24-15-20-27-26-19-10-7-13-28(19)20)25-17-14-22(11-5-6-12-22)29-18-9-4-3-8-16(17)18;/h3-4,8-9,17H,2,5-7,10-15H2,1H3,(H2,23,24,25);1H. The van der Waals surface area contributed by atoms with Gasteiger partial charge in [0.1, 0.15) is 23.7 Å². The summed E-state index contributed by atoms with van der Waals surface area (Å²) in [6, 6.07) is 8.62. The summed E-state index contributed by atoms with van der Waals surface area (Å²) in [5, 5.41) is 15.7. The molecule has 2 aromatic rings. The number of hydrogen-bond acceptors (Lipinski definition) is 4. The predicted octanol–water partition coefficient (Wildman–Crippen LogP) is 3.73. The van der Waals surface area contributed by atoms with Crippen LogP contribution < -0.4 is 15.4 Å². The topological polar surface area (TPSA) is 76.4 Å². The van der Waals surface area contributed by atoms with Gasteiger partial charge in [-0.2, -0.15) is 0 Å². The Kier molecular flexibility index (Phi) is 6.50. The van der Waals surface area contributed by atoms with Gasteiger partial charge in [0.15, 0.2) is 11.8 Å². The number of halogens is 1. The smallest absolute Gasteiger partial charge is 0.192 e. The molecule has 1 aromatic heterocycles. The Morgan fingerprint density at radius 1 is 1.23 bits per heavy atom. The van der Waals surface area contributed by atoms with Gasteiger partial charge < -0.3 is 19.9 Å².